The minimum absolute atomic E-state index is 0.526. The Labute approximate surface area is 115 Å². The van der Waals surface area contributed by atoms with Crippen molar-refractivity contribution in [3.63, 3.8) is 0 Å². The highest BCUT2D eigenvalue weighted by Crippen LogP contribution is 2.19. The summed E-state index contributed by atoms with van der Waals surface area (Å²) in [5, 5.41) is 14.1. The Morgan fingerprint density at radius 1 is 1.30 bits per heavy atom. The van der Waals surface area contributed by atoms with Crippen LogP contribution in [0.15, 0.2) is 35.2 Å². The molecule has 7 nitrogen and oxygen atoms in total. The lowest BCUT2D eigenvalue weighted by atomic mass is 10.1. The highest BCUT2D eigenvalue weighted by molar-refractivity contribution is 5.61. The molecule has 0 unspecified atom stereocenters. The first kappa shape index (κ1) is 12.5. The van der Waals surface area contributed by atoms with E-state index >= 15 is 0 Å². The summed E-state index contributed by atoms with van der Waals surface area (Å²) in [5.41, 5.74) is 3.04. The van der Waals surface area contributed by atoms with Crippen LogP contribution in [0.4, 0.5) is 0 Å². The fraction of sp³-hybridized carbons (Fsp3) is 0.231. The number of H-pyrrole nitrogens is 1. The van der Waals surface area contributed by atoms with Gasteiger partial charge in [-0.3, -0.25) is 10.1 Å². The van der Waals surface area contributed by atoms with Gasteiger partial charge in [0.05, 0.1) is 18.4 Å². The van der Waals surface area contributed by atoms with Crippen molar-refractivity contribution >= 4 is 0 Å². The number of nitrogens with one attached hydrogen (secondary N) is 2. The number of aryl methyl sites for hydroxylation is 1. The maximum atomic E-state index is 5.04. The molecule has 102 valence electrons. The summed E-state index contributed by atoms with van der Waals surface area (Å²) >= 11 is 0. The average molecular weight is 270 g/mol. The molecule has 0 aliphatic rings. The summed E-state index contributed by atoms with van der Waals surface area (Å²) in [5.74, 6) is 1.22. The van der Waals surface area contributed by atoms with Crippen molar-refractivity contribution in [2.45, 2.75) is 20.0 Å². The molecule has 7 heteroatoms. The van der Waals surface area contributed by atoms with Gasteiger partial charge in [-0.1, -0.05) is 5.16 Å². The molecule has 3 rings (SSSR count). The zero-order chi connectivity index (χ0) is 13.8. The predicted molar refractivity (Wildman–Crippen MR) is 71.4 cm³/mol. The van der Waals surface area contributed by atoms with E-state index in [4.69, 9.17) is 4.52 Å². The largest absolute Gasteiger partial charge is 0.338 e. The van der Waals surface area contributed by atoms with Crippen molar-refractivity contribution < 1.29 is 4.52 Å². The molecule has 0 saturated carbocycles. The SMILES string of the molecule is Cc1noc(CNCc2cn[nH]c2-c2cccnc2)n1. The molecule has 0 atom stereocenters. The molecule has 2 N–H and O–H groups in total. The molecule has 3 aromatic rings. The van der Waals surface area contributed by atoms with E-state index in [2.05, 4.69) is 30.6 Å². The molecule has 0 spiro atoms. The second-order valence-electron chi connectivity index (χ2n) is 4.35. The molecule has 20 heavy (non-hydrogen) atoms. The molecule has 3 aromatic heterocycles. The molecule has 0 bridgehead atoms. The maximum absolute atomic E-state index is 5.04. The van der Waals surface area contributed by atoms with Gasteiger partial charge in [0, 0.05) is 30.1 Å². The number of aromatic amines is 1. The van der Waals surface area contributed by atoms with Gasteiger partial charge in [0.15, 0.2) is 5.82 Å². The van der Waals surface area contributed by atoms with Crippen LogP contribution in [0.3, 0.4) is 0 Å². The number of rotatable bonds is 5. The molecule has 0 fully saturated rings. The summed E-state index contributed by atoms with van der Waals surface area (Å²) < 4.78 is 5.04. The first-order valence-corrected chi connectivity index (χ1v) is 6.25. The molecular weight excluding hydrogens is 256 g/mol. The first-order valence-electron chi connectivity index (χ1n) is 6.25. The molecule has 0 aliphatic heterocycles. The summed E-state index contributed by atoms with van der Waals surface area (Å²) in [4.78, 5) is 8.25. The minimum atomic E-state index is 0.526. The zero-order valence-electron chi connectivity index (χ0n) is 11.0. The van der Waals surface area contributed by atoms with Gasteiger partial charge in [-0.05, 0) is 19.1 Å². The van der Waals surface area contributed by atoms with Gasteiger partial charge >= 0.3 is 0 Å². The van der Waals surface area contributed by atoms with Crippen molar-refractivity contribution in [3.8, 4) is 11.3 Å². The zero-order valence-corrected chi connectivity index (χ0v) is 11.0. The Morgan fingerprint density at radius 3 is 3.00 bits per heavy atom. The van der Waals surface area contributed by atoms with Crippen LogP contribution >= 0.6 is 0 Å². The number of hydrogen-bond donors (Lipinski definition) is 2. The molecule has 0 aliphatic carbocycles. The van der Waals surface area contributed by atoms with Gasteiger partial charge in [0.1, 0.15) is 0 Å². The third-order valence-corrected chi connectivity index (χ3v) is 2.83. The van der Waals surface area contributed by atoms with E-state index in [1.807, 2.05) is 12.1 Å². The van der Waals surface area contributed by atoms with Crippen molar-refractivity contribution in [3.05, 3.63) is 48.0 Å². The van der Waals surface area contributed by atoms with E-state index < -0.39 is 0 Å². The standard InChI is InChI=1S/C13H14N6O/c1-9-17-12(20-19-9)8-15-6-11-7-16-18-13(11)10-3-2-4-14-5-10/h2-5,7,15H,6,8H2,1H3,(H,16,18). The van der Waals surface area contributed by atoms with Crippen LogP contribution in [0.1, 0.15) is 17.3 Å². The molecular formula is C13H14N6O. The molecule has 0 amide bonds. The summed E-state index contributed by atoms with van der Waals surface area (Å²) in [6, 6.07) is 3.89. The molecule has 0 aromatic carbocycles. The van der Waals surface area contributed by atoms with E-state index in [0.29, 0.717) is 24.8 Å². The van der Waals surface area contributed by atoms with Gasteiger partial charge in [-0.25, -0.2) is 0 Å². The lowest BCUT2D eigenvalue weighted by Crippen LogP contribution is -2.13. The van der Waals surface area contributed by atoms with E-state index in [0.717, 1.165) is 16.8 Å². The monoisotopic (exact) mass is 270 g/mol. The van der Waals surface area contributed by atoms with Crippen LogP contribution in [0.2, 0.25) is 0 Å². The molecule has 0 radical (unpaired) electrons. The van der Waals surface area contributed by atoms with Crippen LogP contribution in [0.25, 0.3) is 11.3 Å². The number of hydrogen-bond acceptors (Lipinski definition) is 6. The van der Waals surface area contributed by atoms with E-state index in [9.17, 15) is 0 Å². The minimum Gasteiger partial charge on any atom is -0.338 e. The molecule has 3 heterocycles. The third kappa shape index (κ3) is 2.72. The second-order valence-corrected chi connectivity index (χ2v) is 4.35. The Hall–Kier alpha value is -2.54. The fourth-order valence-electron chi connectivity index (χ4n) is 1.92. The normalized spacial score (nSPS) is 10.8. The van der Waals surface area contributed by atoms with Gasteiger partial charge in [-0.15, -0.1) is 0 Å². The summed E-state index contributed by atoms with van der Waals surface area (Å²) in [6.45, 7) is 2.98. The van der Waals surface area contributed by atoms with Crippen LogP contribution in [-0.2, 0) is 13.1 Å². The van der Waals surface area contributed by atoms with Crippen molar-refractivity contribution in [1.82, 2.24) is 30.6 Å². The number of nitrogens with zero attached hydrogens (tertiary/aromatic N) is 4. The predicted octanol–water partition coefficient (Wildman–Crippen LogP) is 1.45. The van der Waals surface area contributed by atoms with Crippen LogP contribution in [-0.4, -0.2) is 25.3 Å². The topological polar surface area (TPSA) is 92.5 Å². The number of pyridine rings is 1. The van der Waals surface area contributed by atoms with Gasteiger partial charge < -0.3 is 9.84 Å². The fourth-order valence-corrected chi connectivity index (χ4v) is 1.92. The lowest BCUT2D eigenvalue weighted by Gasteiger charge is -2.03. The van der Waals surface area contributed by atoms with Crippen molar-refractivity contribution in [1.29, 1.82) is 0 Å². The van der Waals surface area contributed by atoms with Crippen LogP contribution in [0, 0.1) is 6.92 Å². The second kappa shape index (κ2) is 5.62. The Morgan fingerprint density at radius 2 is 2.25 bits per heavy atom. The van der Waals surface area contributed by atoms with Crippen LogP contribution in [0.5, 0.6) is 0 Å². The summed E-state index contributed by atoms with van der Waals surface area (Å²) in [6.07, 6.45) is 5.35. The smallest absolute Gasteiger partial charge is 0.240 e. The maximum Gasteiger partial charge on any atom is 0.240 e. The van der Waals surface area contributed by atoms with Crippen molar-refractivity contribution in [2.24, 2.45) is 0 Å². The molecule has 0 saturated heterocycles. The van der Waals surface area contributed by atoms with E-state index in [1.54, 1.807) is 25.5 Å². The van der Waals surface area contributed by atoms with E-state index in [-0.39, 0.29) is 0 Å². The van der Waals surface area contributed by atoms with E-state index in [1.165, 1.54) is 0 Å². The van der Waals surface area contributed by atoms with Gasteiger partial charge in [-0.2, -0.15) is 10.1 Å². The Balaban J connectivity index is 1.65. The first-order chi connectivity index (χ1) is 9.83. The third-order valence-electron chi connectivity index (χ3n) is 2.83. The van der Waals surface area contributed by atoms with Gasteiger partial charge in [0.2, 0.25) is 5.89 Å². The average Bonchev–Trinajstić information content (AvgIpc) is 3.09. The quantitative estimate of drug-likeness (QED) is 0.729. The summed E-state index contributed by atoms with van der Waals surface area (Å²) in [7, 11) is 0. The lowest BCUT2D eigenvalue weighted by molar-refractivity contribution is 0.364. The van der Waals surface area contributed by atoms with Crippen LogP contribution < -0.4 is 5.32 Å². The highest BCUT2D eigenvalue weighted by Gasteiger charge is 2.08. The Kier molecular flexibility index (Phi) is 3.51. The van der Waals surface area contributed by atoms with Crippen molar-refractivity contribution in [2.75, 3.05) is 0 Å². The highest BCUT2D eigenvalue weighted by atomic mass is 16.5. The van der Waals surface area contributed by atoms with Gasteiger partial charge in [0.25, 0.3) is 0 Å². The number of aromatic nitrogens is 5. The Bertz CT molecular complexity index is 675.